The molecule has 1 aromatic carbocycles. The summed E-state index contributed by atoms with van der Waals surface area (Å²) < 4.78 is 0. The van der Waals surface area contributed by atoms with Crippen LogP contribution in [0.2, 0.25) is 0 Å². The molecule has 7 heteroatoms. The zero-order valence-corrected chi connectivity index (χ0v) is 14.9. The molecule has 0 saturated carbocycles. The van der Waals surface area contributed by atoms with E-state index in [9.17, 15) is 19.8 Å². The Labute approximate surface area is 153 Å². The van der Waals surface area contributed by atoms with Crippen molar-refractivity contribution in [1.82, 2.24) is 15.1 Å². The molecule has 26 heavy (non-hydrogen) atoms. The summed E-state index contributed by atoms with van der Waals surface area (Å²) in [5.41, 5.74) is -0.174. The molecule has 0 bridgehead atoms. The number of piperazine rings is 1. The molecule has 0 unspecified atom stereocenters. The zero-order valence-electron chi connectivity index (χ0n) is 14.9. The lowest BCUT2D eigenvalue weighted by Crippen LogP contribution is -2.63. The number of aliphatic hydroxyl groups excluding tert-OH is 1. The van der Waals surface area contributed by atoms with E-state index in [1.807, 2.05) is 35.2 Å². The lowest BCUT2D eigenvalue weighted by atomic mass is 9.87. The Kier molecular flexibility index (Phi) is 5.90. The average molecular weight is 361 g/mol. The highest BCUT2D eigenvalue weighted by Gasteiger charge is 2.43. The molecule has 3 rings (SSSR count). The minimum atomic E-state index is -1.28. The number of nitrogens with zero attached hydrogens (tertiary/aromatic N) is 2. The van der Waals surface area contributed by atoms with Crippen LogP contribution in [0.5, 0.6) is 0 Å². The highest BCUT2D eigenvalue weighted by Crippen LogP contribution is 2.25. The predicted molar refractivity (Wildman–Crippen MR) is 96.4 cm³/mol. The zero-order chi connectivity index (χ0) is 18.6. The largest absolute Gasteiger partial charge is 0.388 e. The molecule has 0 spiro atoms. The fourth-order valence-corrected chi connectivity index (χ4v) is 3.64. The summed E-state index contributed by atoms with van der Waals surface area (Å²) in [5.74, 6) is -0.0739. The predicted octanol–water partition coefficient (Wildman–Crippen LogP) is -0.625. The summed E-state index contributed by atoms with van der Waals surface area (Å²) in [5, 5.41) is 24.0. The van der Waals surface area contributed by atoms with Crippen LogP contribution < -0.4 is 5.32 Å². The normalized spacial score (nSPS) is 27.2. The first-order chi connectivity index (χ1) is 12.5. The number of β-amino-alcohol motifs (C(OH)–C–C–N with tert-alkyl or cyclic N) is 2. The minimum absolute atomic E-state index is 0.00713. The Morgan fingerprint density at radius 1 is 1.27 bits per heavy atom. The summed E-state index contributed by atoms with van der Waals surface area (Å²) in [6.45, 7) is 2.23. The first-order valence-electron chi connectivity index (χ1n) is 9.17. The molecule has 2 amide bonds. The number of hydrogen-bond donors (Lipinski definition) is 3. The molecular formula is C19H27N3O4. The third-order valence-corrected chi connectivity index (χ3v) is 5.27. The van der Waals surface area contributed by atoms with Crippen LogP contribution in [0.15, 0.2) is 30.3 Å². The molecular weight excluding hydrogens is 334 g/mol. The van der Waals surface area contributed by atoms with E-state index in [1.165, 1.54) is 0 Å². The second-order valence-electron chi connectivity index (χ2n) is 7.26. The van der Waals surface area contributed by atoms with Gasteiger partial charge in [-0.05, 0) is 18.4 Å². The van der Waals surface area contributed by atoms with Crippen molar-refractivity contribution >= 4 is 11.8 Å². The van der Waals surface area contributed by atoms with Crippen molar-refractivity contribution in [3.05, 3.63) is 35.9 Å². The van der Waals surface area contributed by atoms with Crippen LogP contribution >= 0.6 is 0 Å². The van der Waals surface area contributed by atoms with Gasteiger partial charge in [-0.1, -0.05) is 30.3 Å². The van der Waals surface area contributed by atoms with Gasteiger partial charge >= 0.3 is 0 Å². The third kappa shape index (κ3) is 4.60. The maximum absolute atomic E-state index is 12.4. The maximum atomic E-state index is 12.4. The van der Waals surface area contributed by atoms with E-state index < -0.39 is 11.7 Å². The van der Waals surface area contributed by atoms with Gasteiger partial charge in [0, 0.05) is 39.1 Å². The molecule has 2 fully saturated rings. The molecule has 2 atom stereocenters. The topological polar surface area (TPSA) is 93.1 Å². The average Bonchev–Trinajstić information content (AvgIpc) is 2.63. The summed E-state index contributed by atoms with van der Waals surface area (Å²) in [6.07, 6.45) is 0.353. The van der Waals surface area contributed by atoms with Crippen molar-refractivity contribution in [2.24, 2.45) is 0 Å². The van der Waals surface area contributed by atoms with Gasteiger partial charge in [-0.15, -0.1) is 0 Å². The van der Waals surface area contributed by atoms with E-state index >= 15 is 0 Å². The molecule has 1 aromatic rings. The van der Waals surface area contributed by atoms with Gasteiger partial charge in [0.25, 0.3) is 0 Å². The second-order valence-corrected chi connectivity index (χ2v) is 7.26. The van der Waals surface area contributed by atoms with Crippen LogP contribution in [0.1, 0.15) is 18.4 Å². The van der Waals surface area contributed by atoms with Gasteiger partial charge in [-0.2, -0.15) is 0 Å². The van der Waals surface area contributed by atoms with E-state index in [0.29, 0.717) is 38.9 Å². The van der Waals surface area contributed by atoms with Gasteiger partial charge in [0.15, 0.2) is 0 Å². The fourth-order valence-electron chi connectivity index (χ4n) is 3.64. The van der Waals surface area contributed by atoms with E-state index in [2.05, 4.69) is 5.32 Å². The van der Waals surface area contributed by atoms with Crippen molar-refractivity contribution in [2.45, 2.75) is 31.0 Å². The smallest absolute Gasteiger partial charge is 0.234 e. The van der Waals surface area contributed by atoms with Gasteiger partial charge in [0.1, 0.15) is 11.7 Å². The number of piperidine rings is 1. The van der Waals surface area contributed by atoms with E-state index in [0.717, 1.165) is 5.56 Å². The van der Waals surface area contributed by atoms with Crippen LogP contribution in [0.4, 0.5) is 0 Å². The number of carbonyl (C=O) groups is 2. The number of rotatable bonds is 5. The van der Waals surface area contributed by atoms with Crippen LogP contribution in [0.25, 0.3) is 0 Å². The summed E-state index contributed by atoms with van der Waals surface area (Å²) in [6, 6.07) is 9.83. The molecule has 2 aliphatic rings. The fraction of sp³-hybridized carbons (Fsp3) is 0.579. The molecule has 2 saturated heterocycles. The number of hydrogen-bond acceptors (Lipinski definition) is 5. The van der Waals surface area contributed by atoms with Crippen molar-refractivity contribution in [2.75, 3.05) is 39.3 Å². The van der Waals surface area contributed by atoms with Crippen LogP contribution in [0.3, 0.4) is 0 Å². The first kappa shape index (κ1) is 18.8. The van der Waals surface area contributed by atoms with Crippen molar-refractivity contribution in [3.63, 3.8) is 0 Å². The summed E-state index contributed by atoms with van der Waals surface area (Å²) in [4.78, 5) is 27.4. The van der Waals surface area contributed by atoms with E-state index in [4.69, 9.17) is 0 Å². The van der Waals surface area contributed by atoms with Gasteiger partial charge in [-0.25, -0.2) is 0 Å². The van der Waals surface area contributed by atoms with E-state index in [-0.39, 0.29) is 31.4 Å². The number of benzene rings is 1. The highest BCUT2D eigenvalue weighted by atomic mass is 16.3. The number of likely N-dealkylation sites (tertiary alicyclic amines) is 1. The number of carbonyl (C=O) groups excluding carboxylic acids is 2. The molecule has 0 aromatic heterocycles. The Balaban J connectivity index is 1.50. The Hall–Kier alpha value is -1.96. The van der Waals surface area contributed by atoms with Crippen molar-refractivity contribution < 1.29 is 19.8 Å². The van der Waals surface area contributed by atoms with Crippen molar-refractivity contribution in [3.8, 4) is 0 Å². The van der Waals surface area contributed by atoms with Crippen LogP contribution in [-0.4, -0.2) is 82.8 Å². The monoisotopic (exact) mass is 361 g/mol. The summed E-state index contributed by atoms with van der Waals surface area (Å²) in [7, 11) is 0. The Morgan fingerprint density at radius 3 is 2.73 bits per heavy atom. The molecule has 142 valence electrons. The van der Waals surface area contributed by atoms with Gasteiger partial charge < -0.3 is 20.4 Å². The quantitative estimate of drug-likeness (QED) is 0.650. The SMILES string of the molecule is O=C1CN(C[C@@]2(O)CCN(C(=O)CCc3ccccc3)C[C@@H]2O)CCN1. The number of aliphatic hydroxyl groups is 2. The third-order valence-electron chi connectivity index (χ3n) is 5.27. The number of aryl methyl sites for hydroxylation is 1. The van der Waals surface area contributed by atoms with Crippen LogP contribution in [-0.2, 0) is 16.0 Å². The van der Waals surface area contributed by atoms with Crippen molar-refractivity contribution in [1.29, 1.82) is 0 Å². The molecule has 0 radical (unpaired) electrons. The van der Waals surface area contributed by atoms with Gasteiger partial charge in [0.2, 0.25) is 11.8 Å². The molecule has 2 aliphatic heterocycles. The van der Waals surface area contributed by atoms with Gasteiger partial charge in [0.05, 0.1) is 6.54 Å². The minimum Gasteiger partial charge on any atom is -0.388 e. The Morgan fingerprint density at radius 2 is 2.04 bits per heavy atom. The molecule has 7 nitrogen and oxygen atoms in total. The van der Waals surface area contributed by atoms with Crippen LogP contribution in [0, 0.1) is 0 Å². The standard InChI is InChI=1S/C19H27N3O4/c23-16-12-22(18(25)7-6-15-4-2-1-3-5-15)10-8-19(16,26)14-21-11-9-20-17(24)13-21/h1-5,16,23,26H,6-14H2,(H,20,24)/t16-,19-/m0/s1. The maximum Gasteiger partial charge on any atom is 0.234 e. The number of nitrogens with one attached hydrogen (secondary N) is 1. The number of amides is 2. The summed E-state index contributed by atoms with van der Waals surface area (Å²) >= 11 is 0. The lowest BCUT2D eigenvalue weighted by Gasteiger charge is -2.44. The second kappa shape index (κ2) is 8.16. The molecule has 2 heterocycles. The molecule has 0 aliphatic carbocycles. The van der Waals surface area contributed by atoms with E-state index in [1.54, 1.807) is 4.90 Å². The highest BCUT2D eigenvalue weighted by molar-refractivity contribution is 5.78. The Bertz CT molecular complexity index is 639. The van der Waals surface area contributed by atoms with Gasteiger partial charge in [-0.3, -0.25) is 14.5 Å². The molecule has 3 N–H and O–H groups in total. The first-order valence-corrected chi connectivity index (χ1v) is 9.17. The lowest BCUT2D eigenvalue weighted by molar-refractivity contribution is -0.154.